The fraction of sp³-hybridized carbons (Fsp3) is 0.571. The van der Waals surface area contributed by atoms with Crippen molar-refractivity contribution >= 4 is 0 Å². The Labute approximate surface area is 104 Å². The van der Waals surface area contributed by atoms with E-state index in [1.54, 1.807) is 0 Å². The largest absolute Gasteiger partial charge is 0.391 e. The van der Waals surface area contributed by atoms with Crippen LogP contribution >= 0.6 is 0 Å². The van der Waals surface area contributed by atoms with Crippen molar-refractivity contribution in [2.24, 2.45) is 0 Å². The van der Waals surface area contributed by atoms with Crippen molar-refractivity contribution in [2.45, 2.75) is 32.4 Å². The van der Waals surface area contributed by atoms with Crippen LogP contribution in [-0.2, 0) is 11.2 Å². The van der Waals surface area contributed by atoms with E-state index in [0.717, 1.165) is 6.61 Å². The summed E-state index contributed by atoms with van der Waals surface area (Å²) in [5, 5.41) is 13.1. The molecule has 3 heteroatoms. The summed E-state index contributed by atoms with van der Waals surface area (Å²) in [5.41, 5.74) is 1.17. The maximum absolute atomic E-state index is 9.87. The fourth-order valence-corrected chi connectivity index (χ4v) is 1.65. The molecule has 1 aromatic rings. The number of benzene rings is 1. The van der Waals surface area contributed by atoms with Crippen LogP contribution < -0.4 is 5.32 Å². The molecule has 0 saturated carbocycles. The normalized spacial score (nSPS) is 14.5. The predicted molar refractivity (Wildman–Crippen MR) is 70.1 cm³/mol. The van der Waals surface area contributed by atoms with E-state index in [1.807, 2.05) is 37.3 Å². The summed E-state index contributed by atoms with van der Waals surface area (Å²) in [6, 6.07) is 10.3. The Kier molecular flexibility index (Phi) is 6.86. The molecule has 0 radical (unpaired) electrons. The zero-order chi connectivity index (χ0) is 12.5. The molecular formula is C14H23NO2. The number of aliphatic hydroxyl groups is 1. The first-order valence-corrected chi connectivity index (χ1v) is 6.25. The van der Waals surface area contributed by atoms with Crippen LogP contribution in [0.25, 0.3) is 0 Å². The minimum absolute atomic E-state index is 0.278. The first-order valence-electron chi connectivity index (χ1n) is 6.25. The number of ether oxygens (including phenoxy) is 1. The highest BCUT2D eigenvalue weighted by Crippen LogP contribution is 2.02. The first kappa shape index (κ1) is 14.2. The Morgan fingerprint density at radius 2 is 2.00 bits per heavy atom. The molecule has 96 valence electrons. The molecule has 0 amide bonds. The van der Waals surface area contributed by atoms with E-state index < -0.39 is 0 Å². The van der Waals surface area contributed by atoms with Gasteiger partial charge in [-0.15, -0.1) is 0 Å². The molecule has 2 N–H and O–H groups in total. The molecule has 1 aromatic carbocycles. The molecule has 0 fully saturated rings. The van der Waals surface area contributed by atoms with Gasteiger partial charge in [0.2, 0.25) is 0 Å². The average molecular weight is 237 g/mol. The summed E-state index contributed by atoms with van der Waals surface area (Å²) in [6.45, 7) is 6.07. The molecule has 17 heavy (non-hydrogen) atoms. The van der Waals surface area contributed by atoms with Gasteiger partial charge in [-0.3, -0.25) is 0 Å². The van der Waals surface area contributed by atoms with Gasteiger partial charge in [-0.1, -0.05) is 30.3 Å². The van der Waals surface area contributed by atoms with Crippen molar-refractivity contribution in [3.05, 3.63) is 35.9 Å². The van der Waals surface area contributed by atoms with Crippen molar-refractivity contribution in [1.82, 2.24) is 5.32 Å². The molecule has 0 bridgehead atoms. The summed E-state index contributed by atoms with van der Waals surface area (Å²) in [4.78, 5) is 0. The van der Waals surface area contributed by atoms with Crippen LogP contribution in [0.5, 0.6) is 0 Å². The van der Waals surface area contributed by atoms with E-state index in [9.17, 15) is 5.11 Å². The number of hydrogen-bond donors (Lipinski definition) is 2. The highest BCUT2D eigenvalue weighted by molar-refractivity contribution is 5.15. The summed E-state index contributed by atoms with van der Waals surface area (Å²) >= 11 is 0. The zero-order valence-electron chi connectivity index (χ0n) is 10.7. The lowest BCUT2D eigenvalue weighted by molar-refractivity contribution is 0.115. The molecule has 2 atom stereocenters. The molecule has 0 heterocycles. The standard InChI is InChI=1S/C14H23NO2/c1-3-17-11-12(2)15-10-14(16)9-13-7-5-4-6-8-13/h4-8,12,14-16H,3,9-11H2,1-2H3. The average Bonchev–Trinajstić information content (AvgIpc) is 2.35. The van der Waals surface area contributed by atoms with E-state index in [4.69, 9.17) is 4.74 Å². The molecule has 0 aliphatic heterocycles. The minimum atomic E-state index is -0.346. The summed E-state index contributed by atoms with van der Waals surface area (Å²) in [6.07, 6.45) is 0.344. The number of rotatable bonds is 8. The highest BCUT2D eigenvalue weighted by Gasteiger charge is 2.07. The molecule has 1 rings (SSSR count). The Balaban J connectivity index is 2.19. The van der Waals surface area contributed by atoms with Crippen molar-refractivity contribution < 1.29 is 9.84 Å². The van der Waals surface area contributed by atoms with Gasteiger partial charge in [0.05, 0.1) is 12.7 Å². The first-order chi connectivity index (χ1) is 8.22. The van der Waals surface area contributed by atoms with E-state index >= 15 is 0 Å². The van der Waals surface area contributed by atoms with E-state index in [-0.39, 0.29) is 12.1 Å². The topological polar surface area (TPSA) is 41.5 Å². The van der Waals surface area contributed by atoms with Crippen molar-refractivity contribution in [1.29, 1.82) is 0 Å². The van der Waals surface area contributed by atoms with Gasteiger partial charge in [0.1, 0.15) is 0 Å². The summed E-state index contributed by atoms with van der Waals surface area (Å²) in [5.74, 6) is 0. The van der Waals surface area contributed by atoms with Crippen LogP contribution in [0.3, 0.4) is 0 Å². The highest BCUT2D eigenvalue weighted by atomic mass is 16.5. The van der Waals surface area contributed by atoms with Gasteiger partial charge in [0.15, 0.2) is 0 Å². The second-order valence-corrected chi connectivity index (χ2v) is 4.31. The lowest BCUT2D eigenvalue weighted by Crippen LogP contribution is -2.37. The quantitative estimate of drug-likeness (QED) is 0.721. The third-order valence-corrected chi connectivity index (χ3v) is 2.59. The fourth-order valence-electron chi connectivity index (χ4n) is 1.65. The van der Waals surface area contributed by atoms with Crippen LogP contribution in [-0.4, -0.2) is 37.0 Å². The Bertz CT molecular complexity index is 290. The maximum atomic E-state index is 9.87. The molecular weight excluding hydrogens is 214 g/mol. The lowest BCUT2D eigenvalue weighted by atomic mass is 10.1. The van der Waals surface area contributed by atoms with Gasteiger partial charge in [-0.2, -0.15) is 0 Å². The molecule has 0 saturated heterocycles. The SMILES string of the molecule is CCOCC(C)NCC(O)Cc1ccccc1. The predicted octanol–water partition coefficient (Wildman–Crippen LogP) is 1.60. The summed E-state index contributed by atoms with van der Waals surface area (Å²) in [7, 11) is 0. The smallest absolute Gasteiger partial charge is 0.0704 e. The third-order valence-electron chi connectivity index (χ3n) is 2.59. The Morgan fingerprint density at radius 3 is 2.65 bits per heavy atom. The second-order valence-electron chi connectivity index (χ2n) is 4.31. The van der Waals surface area contributed by atoms with Gasteiger partial charge in [-0.05, 0) is 25.8 Å². The van der Waals surface area contributed by atoms with Crippen LogP contribution in [0.2, 0.25) is 0 Å². The second kappa shape index (κ2) is 8.23. The molecule has 0 aliphatic carbocycles. The third kappa shape index (κ3) is 6.41. The van der Waals surface area contributed by atoms with E-state index in [0.29, 0.717) is 19.6 Å². The van der Waals surface area contributed by atoms with E-state index in [2.05, 4.69) is 12.2 Å². The molecule has 0 aromatic heterocycles. The van der Waals surface area contributed by atoms with Gasteiger partial charge < -0.3 is 15.2 Å². The van der Waals surface area contributed by atoms with Crippen molar-refractivity contribution in [2.75, 3.05) is 19.8 Å². The van der Waals surface area contributed by atoms with Crippen LogP contribution in [0.4, 0.5) is 0 Å². The Morgan fingerprint density at radius 1 is 1.29 bits per heavy atom. The monoisotopic (exact) mass is 237 g/mol. The number of hydrogen-bond acceptors (Lipinski definition) is 3. The van der Waals surface area contributed by atoms with Crippen molar-refractivity contribution in [3.8, 4) is 0 Å². The number of nitrogens with one attached hydrogen (secondary N) is 1. The molecule has 0 aliphatic rings. The van der Waals surface area contributed by atoms with Crippen molar-refractivity contribution in [3.63, 3.8) is 0 Å². The van der Waals surface area contributed by atoms with Gasteiger partial charge in [0, 0.05) is 19.2 Å². The van der Waals surface area contributed by atoms with E-state index in [1.165, 1.54) is 5.56 Å². The maximum Gasteiger partial charge on any atom is 0.0704 e. The molecule has 2 unspecified atom stereocenters. The molecule has 3 nitrogen and oxygen atoms in total. The van der Waals surface area contributed by atoms with Crippen LogP contribution in [0, 0.1) is 0 Å². The Hall–Kier alpha value is -0.900. The minimum Gasteiger partial charge on any atom is -0.391 e. The summed E-state index contributed by atoms with van der Waals surface area (Å²) < 4.78 is 5.30. The van der Waals surface area contributed by atoms with Gasteiger partial charge in [-0.25, -0.2) is 0 Å². The number of aliphatic hydroxyl groups excluding tert-OH is 1. The van der Waals surface area contributed by atoms with Crippen LogP contribution in [0.15, 0.2) is 30.3 Å². The van der Waals surface area contributed by atoms with Gasteiger partial charge >= 0.3 is 0 Å². The lowest BCUT2D eigenvalue weighted by Gasteiger charge is -2.17. The van der Waals surface area contributed by atoms with Gasteiger partial charge in [0.25, 0.3) is 0 Å². The molecule has 0 spiro atoms. The van der Waals surface area contributed by atoms with Crippen LogP contribution in [0.1, 0.15) is 19.4 Å². The zero-order valence-corrected chi connectivity index (χ0v) is 10.7.